The second-order valence-electron chi connectivity index (χ2n) is 6.38. The van der Waals surface area contributed by atoms with Crippen LogP contribution in [0.15, 0.2) is 35.6 Å². The van der Waals surface area contributed by atoms with Crippen LogP contribution in [0.5, 0.6) is 5.75 Å². The van der Waals surface area contributed by atoms with E-state index in [0.29, 0.717) is 35.0 Å². The Hall–Kier alpha value is -2.94. The summed E-state index contributed by atoms with van der Waals surface area (Å²) in [6.45, 7) is 0. The average molecular weight is 398 g/mol. The van der Waals surface area contributed by atoms with Crippen molar-refractivity contribution in [3.05, 3.63) is 47.3 Å². The highest BCUT2D eigenvalue weighted by molar-refractivity contribution is 7.99. The van der Waals surface area contributed by atoms with E-state index in [4.69, 9.17) is 4.74 Å². The Morgan fingerprint density at radius 1 is 1.25 bits per heavy atom. The summed E-state index contributed by atoms with van der Waals surface area (Å²) in [7, 11) is 2.96. The fourth-order valence-electron chi connectivity index (χ4n) is 3.33. The summed E-state index contributed by atoms with van der Waals surface area (Å²) in [5.74, 6) is 0.953. The molecule has 0 radical (unpaired) electrons. The van der Waals surface area contributed by atoms with Crippen molar-refractivity contribution < 1.29 is 19.1 Å². The predicted octanol–water partition coefficient (Wildman–Crippen LogP) is 2.31. The number of ketones is 1. The summed E-state index contributed by atoms with van der Waals surface area (Å²) >= 11 is 1.17. The summed E-state index contributed by atoms with van der Waals surface area (Å²) in [5, 5.41) is 4.70. The smallest absolute Gasteiger partial charge is 0.316 e. The van der Waals surface area contributed by atoms with Gasteiger partial charge < -0.3 is 9.47 Å². The van der Waals surface area contributed by atoms with Crippen molar-refractivity contribution in [3.8, 4) is 5.75 Å². The summed E-state index contributed by atoms with van der Waals surface area (Å²) in [6, 6.07) is 7.73. The minimum Gasteiger partial charge on any atom is -0.496 e. The average Bonchev–Trinajstić information content (AvgIpc) is 3.12. The van der Waals surface area contributed by atoms with Gasteiger partial charge >= 0.3 is 5.97 Å². The van der Waals surface area contributed by atoms with Crippen LogP contribution in [0.2, 0.25) is 0 Å². The molecule has 144 valence electrons. The van der Waals surface area contributed by atoms with Gasteiger partial charge in [0, 0.05) is 18.5 Å². The van der Waals surface area contributed by atoms with Gasteiger partial charge in [-0.05, 0) is 18.1 Å². The van der Waals surface area contributed by atoms with E-state index >= 15 is 0 Å². The second-order valence-corrected chi connectivity index (χ2v) is 7.32. The molecule has 1 aliphatic rings. The molecule has 1 atom stereocenters. The van der Waals surface area contributed by atoms with E-state index in [2.05, 4.69) is 19.8 Å². The van der Waals surface area contributed by atoms with Crippen LogP contribution in [0.3, 0.4) is 0 Å². The molecule has 0 unspecified atom stereocenters. The van der Waals surface area contributed by atoms with E-state index in [1.165, 1.54) is 23.4 Å². The molecule has 0 N–H and O–H groups in total. The minimum absolute atomic E-state index is 0.00203. The number of hydrogen-bond donors (Lipinski definition) is 0. The summed E-state index contributed by atoms with van der Waals surface area (Å²) in [4.78, 5) is 33.0. The lowest BCUT2D eigenvalue weighted by Crippen LogP contribution is -2.21. The van der Waals surface area contributed by atoms with Crippen LogP contribution in [-0.4, -0.2) is 51.3 Å². The Morgan fingerprint density at radius 3 is 2.86 bits per heavy atom. The number of esters is 1. The Morgan fingerprint density at radius 2 is 2.07 bits per heavy atom. The number of para-hydroxylation sites is 1. The number of Topliss-reactive ketones (excluding diaryl/α,β-unsaturated/α-hetero) is 1. The molecule has 0 spiro atoms. The third-order valence-electron chi connectivity index (χ3n) is 4.69. The fraction of sp³-hybridized carbons (Fsp3) is 0.316. The van der Waals surface area contributed by atoms with Gasteiger partial charge in [-0.25, -0.2) is 9.50 Å². The van der Waals surface area contributed by atoms with Crippen molar-refractivity contribution in [3.63, 3.8) is 0 Å². The predicted molar refractivity (Wildman–Crippen MR) is 102 cm³/mol. The van der Waals surface area contributed by atoms with Crippen LogP contribution in [-0.2, 0) is 16.0 Å². The lowest BCUT2D eigenvalue weighted by atomic mass is 9.82. The topological polar surface area (TPSA) is 95.7 Å². The first kappa shape index (κ1) is 18.4. The summed E-state index contributed by atoms with van der Waals surface area (Å²) < 4.78 is 11.6. The highest BCUT2D eigenvalue weighted by atomic mass is 32.2. The van der Waals surface area contributed by atoms with Gasteiger partial charge in [0.05, 0.1) is 31.2 Å². The van der Waals surface area contributed by atoms with Crippen molar-refractivity contribution in [1.29, 1.82) is 0 Å². The third kappa shape index (κ3) is 3.45. The molecule has 0 amide bonds. The second kappa shape index (κ2) is 7.59. The largest absolute Gasteiger partial charge is 0.496 e. The number of methoxy groups -OCH3 is 2. The molecule has 3 aromatic rings. The zero-order valence-electron chi connectivity index (χ0n) is 15.4. The number of carbonyl (C=O) groups excluding carboxylic acids is 2. The molecule has 8 nitrogen and oxygen atoms in total. The number of aromatic nitrogens is 4. The molecule has 9 heteroatoms. The lowest BCUT2D eigenvalue weighted by Gasteiger charge is -2.24. The number of fused-ring (bicyclic) bond motifs is 2. The van der Waals surface area contributed by atoms with E-state index < -0.39 is 0 Å². The monoisotopic (exact) mass is 398 g/mol. The first-order valence-electron chi connectivity index (χ1n) is 8.71. The first-order chi connectivity index (χ1) is 13.6. The zero-order valence-corrected chi connectivity index (χ0v) is 16.2. The number of thioether (sulfide) groups is 1. The molecule has 28 heavy (non-hydrogen) atoms. The van der Waals surface area contributed by atoms with Gasteiger partial charge in [0.25, 0.3) is 5.78 Å². The van der Waals surface area contributed by atoms with E-state index in [0.717, 1.165) is 11.3 Å². The molecular weight excluding hydrogens is 380 g/mol. The Bertz CT molecular complexity index is 1070. The highest BCUT2D eigenvalue weighted by Gasteiger charge is 2.30. The van der Waals surface area contributed by atoms with Gasteiger partial charge in [-0.2, -0.15) is 4.98 Å². The molecule has 0 aliphatic heterocycles. The van der Waals surface area contributed by atoms with Crippen molar-refractivity contribution in [2.45, 2.75) is 23.9 Å². The van der Waals surface area contributed by atoms with Gasteiger partial charge in [-0.1, -0.05) is 30.0 Å². The number of hydrogen-bond acceptors (Lipinski definition) is 8. The maximum Gasteiger partial charge on any atom is 0.316 e. The van der Waals surface area contributed by atoms with Gasteiger partial charge in [0.1, 0.15) is 5.75 Å². The quantitative estimate of drug-likeness (QED) is 0.477. The van der Waals surface area contributed by atoms with Crippen molar-refractivity contribution in [1.82, 2.24) is 19.6 Å². The Kier molecular flexibility index (Phi) is 4.99. The van der Waals surface area contributed by atoms with E-state index in [9.17, 15) is 9.59 Å². The van der Waals surface area contributed by atoms with Crippen LogP contribution in [0.25, 0.3) is 5.78 Å². The minimum atomic E-state index is -0.356. The zero-order chi connectivity index (χ0) is 19.7. The molecule has 0 fully saturated rings. The third-order valence-corrected chi connectivity index (χ3v) is 5.50. The molecule has 2 heterocycles. The van der Waals surface area contributed by atoms with Gasteiger partial charge in [0.15, 0.2) is 5.78 Å². The van der Waals surface area contributed by atoms with Crippen LogP contribution in [0.4, 0.5) is 0 Å². The molecule has 4 rings (SSSR count). The van der Waals surface area contributed by atoms with E-state index in [1.807, 2.05) is 24.3 Å². The molecular formula is C19H18N4O4S. The maximum atomic E-state index is 12.8. The van der Waals surface area contributed by atoms with Crippen molar-refractivity contribution in [2.75, 3.05) is 20.0 Å². The SMILES string of the molecule is COC(=O)CSc1nc2nc3c(cn2n1)C(=O)C[C@@H](c1ccccc1OC)C3. The number of ether oxygens (including phenoxy) is 2. The van der Waals surface area contributed by atoms with Gasteiger partial charge in [-0.15, -0.1) is 5.10 Å². The van der Waals surface area contributed by atoms with Crippen molar-refractivity contribution >= 4 is 29.3 Å². The van der Waals surface area contributed by atoms with Crippen LogP contribution in [0, 0.1) is 0 Å². The molecule has 0 saturated carbocycles. The first-order valence-corrected chi connectivity index (χ1v) is 9.69. The lowest BCUT2D eigenvalue weighted by molar-refractivity contribution is -0.137. The van der Waals surface area contributed by atoms with Gasteiger partial charge in [0.2, 0.25) is 5.16 Å². The molecule has 0 saturated heterocycles. The number of carbonyl (C=O) groups is 2. The molecule has 0 bridgehead atoms. The number of benzene rings is 1. The van der Waals surface area contributed by atoms with Gasteiger partial charge in [-0.3, -0.25) is 9.59 Å². The fourth-order valence-corrected chi connectivity index (χ4v) is 3.99. The van der Waals surface area contributed by atoms with E-state index in [1.54, 1.807) is 13.3 Å². The Labute approximate surface area is 165 Å². The standard InChI is InChI=1S/C19H18N4O4S/c1-26-16-6-4-3-5-12(16)11-7-14-13(15(24)8-11)9-23-18(20-14)21-19(22-23)28-10-17(25)27-2/h3-6,9,11H,7-8,10H2,1-2H3/t11-/m0/s1. The summed E-state index contributed by atoms with van der Waals surface area (Å²) in [6.07, 6.45) is 2.68. The molecule has 1 aliphatic carbocycles. The van der Waals surface area contributed by atoms with Crippen LogP contribution < -0.4 is 4.74 Å². The van der Waals surface area contributed by atoms with Crippen LogP contribution in [0.1, 0.15) is 34.0 Å². The normalized spacial score (nSPS) is 16.1. The van der Waals surface area contributed by atoms with E-state index in [-0.39, 0.29) is 23.4 Å². The summed E-state index contributed by atoms with van der Waals surface area (Å²) in [5.41, 5.74) is 2.27. The van der Waals surface area contributed by atoms with Crippen molar-refractivity contribution in [2.24, 2.45) is 0 Å². The highest BCUT2D eigenvalue weighted by Crippen LogP contribution is 2.36. The maximum absolute atomic E-state index is 12.8. The molecule has 2 aromatic heterocycles. The Balaban J connectivity index is 1.65. The van der Waals surface area contributed by atoms with Crippen LogP contribution >= 0.6 is 11.8 Å². The number of rotatable bonds is 5. The molecule has 1 aromatic carbocycles. The number of nitrogens with zero attached hydrogens (tertiary/aromatic N) is 4.